The fraction of sp³-hybridized carbons (Fsp3) is 0.462. The van der Waals surface area contributed by atoms with Crippen LogP contribution in [0.1, 0.15) is 25.3 Å². The highest BCUT2D eigenvalue weighted by Crippen LogP contribution is 2.23. The summed E-state index contributed by atoms with van der Waals surface area (Å²) in [6.45, 7) is 4.16. The van der Waals surface area contributed by atoms with Crippen LogP contribution in [0.5, 0.6) is 5.75 Å². The van der Waals surface area contributed by atoms with Crippen molar-refractivity contribution in [3.05, 3.63) is 28.2 Å². The minimum absolute atomic E-state index is 0.234. The Balaban J connectivity index is 2.60. The predicted octanol–water partition coefficient (Wildman–Crippen LogP) is 2.20. The van der Waals surface area contributed by atoms with Crippen molar-refractivity contribution >= 4 is 21.8 Å². The van der Waals surface area contributed by atoms with Crippen LogP contribution < -0.4 is 15.8 Å². The van der Waals surface area contributed by atoms with Gasteiger partial charge in [0.05, 0.1) is 13.0 Å². The molecular weight excluding hydrogens is 296 g/mol. The maximum Gasteiger partial charge on any atom is 0.220 e. The number of benzene rings is 1. The molecular formula is C13H19BrN2O2. The summed E-state index contributed by atoms with van der Waals surface area (Å²) < 4.78 is 6.58. The van der Waals surface area contributed by atoms with Crippen LogP contribution in [0, 0.1) is 0 Å². The summed E-state index contributed by atoms with van der Waals surface area (Å²) in [6, 6.07) is 5.83. The van der Waals surface area contributed by atoms with Crippen molar-refractivity contribution in [1.82, 2.24) is 5.32 Å². The van der Waals surface area contributed by atoms with E-state index in [9.17, 15) is 4.79 Å². The van der Waals surface area contributed by atoms with Crippen molar-refractivity contribution in [3.8, 4) is 5.75 Å². The zero-order chi connectivity index (χ0) is 13.4. The van der Waals surface area contributed by atoms with Crippen LogP contribution in [0.2, 0.25) is 0 Å². The Morgan fingerprint density at radius 3 is 2.94 bits per heavy atom. The fourth-order valence-corrected chi connectivity index (χ4v) is 1.90. The van der Waals surface area contributed by atoms with Gasteiger partial charge in [-0.15, -0.1) is 0 Å². The van der Waals surface area contributed by atoms with Gasteiger partial charge in [0, 0.05) is 16.6 Å². The van der Waals surface area contributed by atoms with Gasteiger partial charge in [-0.3, -0.25) is 4.79 Å². The quantitative estimate of drug-likeness (QED) is 0.723. The molecule has 0 fully saturated rings. The molecule has 0 radical (unpaired) electrons. The molecule has 0 aromatic heterocycles. The number of carbonyl (C=O) groups excluding carboxylic acids is 1. The van der Waals surface area contributed by atoms with Crippen molar-refractivity contribution < 1.29 is 9.53 Å². The molecule has 0 saturated heterocycles. The second kappa shape index (κ2) is 8.11. The number of amides is 1. The monoisotopic (exact) mass is 314 g/mol. The first-order valence-electron chi connectivity index (χ1n) is 6.03. The molecule has 4 nitrogen and oxygen atoms in total. The lowest BCUT2D eigenvalue weighted by Crippen LogP contribution is -2.17. The molecule has 5 heteroatoms. The summed E-state index contributed by atoms with van der Waals surface area (Å²) in [5, 5.41) is 3.33. The molecule has 0 heterocycles. The van der Waals surface area contributed by atoms with E-state index in [-0.39, 0.29) is 12.3 Å². The predicted molar refractivity (Wildman–Crippen MR) is 75.4 cm³/mol. The smallest absolute Gasteiger partial charge is 0.220 e. The van der Waals surface area contributed by atoms with E-state index in [1.807, 2.05) is 18.2 Å². The molecule has 100 valence electrons. The van der Waals surface area contributed by atoms with Gasteiger partial charge < -0.3 is 15.8 Å². The average Bonchev–Trinajstić information content (AvgIpc) is 2.32. The number of hydrogen-bond donors (Lipinski definition) is 2. The largest absolute Gasteiger partial charge is 0.493 e. The summed E-state index contributed by atoms with van der Waals surface area (Å²) in [7, 11) is 0. The Morgan fingerprint density at radius 1 is 1.50 bits per heavy atom. The third kappa shape index (κ3) is 5.51. The number of halogens is 1. The molecule has 0 aliphatic rings. The Bertz CT molecular complexity index is 397. The Morgan fingerprint density at radius 2 is 2.28 bits per heavy atom. The van der Waals surface area contributed by atoms with Crippen molar-refractivity contribution in [2.24, 2.45) is 5.73 Å². The molecule has 0 bridgehead atoms. The molecule has 1 aromatic carbocycles. The normalized spacial score (nSPS) is 10.3. The van der Waals surface area contributed by atoms with E-state index in [4.69, 9.17) is 10.5 Å². The van der Waals surface area contributed by atoms with Crippen molar-refractivity contribution in [2.75, 3.05) is 13.2 Å². The molecule has 1 amide bonds. The van der Waals surface area contributed by atoms with E-state index in [2.05, 4.69) is 28.2 Å². The minimum atomic E-state index is -0.349. The maximum absolute atomic E-state index is 10.7. The first-order chi connectivity index (χ1) is 8.63. The molecule has 1 rings (SSSR count). The SMILES string of the molecule is CCCNCc1cc(Br)ccc1OCCC(N)=O. The van der Waals surface area contributed by atoms with Gasteiger partial charge in [-0.1, -0.05) is 22.9 Å². The number of nitrogens with two attached hydrogens (primary N) is 1. The van der Waals surface area contributed by atoms with E-state index in [1.165, 1.54) is 0 Å². The van der Waals surface area contributed by atoms with Crippen LogP contribution in [0.15, 0.2) is 22.7 Å². The van der Waals surface area contributed by atoms with Gasteiger partial charge in [0.1, 0.15) is 5.75 Å². The van der Waals surface area contributed by atoms with Crippen LogP contribution >= 0.6 is 15.9 Å². The summed E-state index contributed by atoms with van der Waals surface area (Å²) in [6.07, 6.45) is 1.32. The molecule has 18 heavy (non-hydrogen) atoms. The second-order valence-electron chi connectivity index (χ2n) is 3.99. The third-order valence-electron chi connectivity index (χ3n) is 2.37. The number of rotatable bonds is 8. The van der Waals surface area contributed by atoms with Crippen molar-refractivity contribution in [1.29, 1.82) is 0 Å². The lowest BCUT2D eigenvalue weighted by atomic mass is 10.2. The van der Waals surface area contributed by atoms with Gasteiger partial charge in [-0.2, -0.15) is 0 Å². The second-order valence-corrected chi connectivity index (χ2v) is 4.91. The standard InChI is InChI=1S/C13H19BrN2O2/c1-2-6-16-9-10-8-11(14)3-4-12(10)18-7-5-13(15)17/h3-4,8,16H,2,5-7,9H2,1H3,(H2,15,17). The Hall–Kier alpha value is -1.07. The van der Waals surface area contributed by atoms with Crippen LogP contribution in [0.4, 0.5) is 0 Å². The number of carbonyl (C=O) groups is 1. The van der Waals surface area contributed by atoms with Gasteiger partial charge in [0.15, 0.2) is 0 Å². The molecule has 0 aliphatic carbocycles. The van der Waals surface area contributed by atoms with Gasteiger partial charge in [0.25, 0.3) is 0 Å². The number of primary amides is 1. The first-order valence-corrected chi connectivity index (χ1v) is 6.83. The molecule has 3 N–H and O–H groups in total. The zero-order valence-corrected chi connectivity index (χ0v) is 12.1. The summed E-state index contributed by atoms with van der Waals surface area (Å²) in [4.78, 5) is 10.7. The highest BCUT2D eigenvalue weighted by atomic mass is 79.9. The molecule has 0 unspecified atom stereocenters. The van der Waals surface area contributed by atoms with E-state index in [1.54, 1.807) is 0 Å². The Kier molecular flexibility index (Phi) is 6.75. The first kappa shape index (κ1) is 15.0. The molecule has 0 atom stereocenters. The van der Waals surface area contributed by atoms with Crippen molar-refractivity contribution in [2.45, 2.75) is 26.3 Å². The van der Waals surface area contributed by atoms with E-state index < -0.39 is 0 Å². The van der Waals surface area contributed by atoms with E-state index >= 15 is 0 Å². The fourth-order valence-electron chi connectivity index (χ4n) is 1.49. The third-order valence-corrected chi connectivity index (χ3v) is 2.86. The highest BCUT2D eigenvalue weighted by Gasteiger charge is 2.05. The summed E-state index contributed by atoms with van der Waals surface area (Å²) in [5.74, 6) is 0.445. The lowest BCUT2D eigenvalue weighted by Gasteiger charge is -2.12. The van der Waals surface area contributed by atoms with Gasteiger partial charge >= 0.3 is 0 Å². The summed E-state index contributed by atoms with van der Waals surface area (Å²) in [5.41, 5.74) is 6.15. The number of hydrogen-bond acceptors (Lipinski definition) is 3. The highest BCUT2D eigenvalue weighted by molar-refractivity contribution is 9.10. The summed E-state index contributed by atoms with van der Waals surface area (Å²) >= 11 is 3.44. The zero-order valence-electron chi connectivity index (χ0n) is 10.5. The van der Waals surface area contributed by atoms with E-state index in [0.717, 1.165) is 35.3 Å². The number of ether oxygens (including phenoxy) is 1. The molecule has 1 aromatic rings. The van der Waals surface area contributed by atoms with Gasteiger partial charge in [-0.05, 0) is 31.2 Å². The maximum atomic E-state index is 10.7. The van der Waals surface area contributed by atoms with Crippen LogP contribution in [-0.2, 0) is 11.3 Å². The van der Waals surface area contributed by atoms with E-state index in [0.29, 0.717) is 6.61 Å². The topological polar surface area (TPSA) is 64.3 Å². The molecule has 0 spiro atoms. The van der Waals surface area contributed by atoms with Crippen molar-refractivity contribution in [3.63, 3.8) is 0 Å². The van der Waals surface area contributed by atoms with Gasteiger partial charge in [0.2, 0.25) is 5.91 Å². The van der Waals surface area contributed by atoms with Crippen LogP contribution in [0.25, 0.3) is 0 Å². The van der Waals surface area contributed by atoms with Gasteiger partial charge in [-0.25, -0.2) is 0 Å². The van der Waals surface area contributed by atoms with Crippen LogP contribution in [0.3, 0.4) is 0 Å². The lowest BCUT2D eigenvalue weighted by molar-refractivity contribution is -0.118. The minimum Gasteiger partial charge on any atom is -0.493 e. The molecule has 0 saturated carbocycles. The van der Waals surface area contributed by atoms with Crippen LogP contribution in [-0.4, -0.2) is 19.1 Å². The Labute approximate surface area is 116 Å². The number of nitrogens with one attached hydrogen (secondary N) is 1. The molecule has 0 aliphatic heterocycles. The average molecular weight is 315 g/mol.